The van der Waals surface area contributed by atoms with Gasteiger partial charge in [0, 0.05) is 43.8 Å². The summed E-state index contributed by atoms with van der Waals surface area (Å²) >= 11 is 0. The van der Waals surface area contributed by atoms with E-state index in [4.69, 9.17) is 9.97 Å². The molecule has 190 valence electrons. The van der Waals surface area contributed by atoms with Gasteiger partial charge >= 0.3 is 0 Å². The van der Waals surface area contributed by atoms with Crippen molar-refractivity contribution in [1.29, 1.82) is 0 Å². The van der Waals surface area contributed by atoms with E-state index in [9.17, 15) is 0 Å². The Morgan fingerprint density at radius 2 is 1.80 bits per heavy atom. The van der Waals surface area contributed by atoms with Crippen LogP contribution in [0, 0.1) is 13.8 Å². The number of imidazole rings is 1. The quantitative estimate of drug-likeness (QED) is 0.422. The molecule has 7 heteroatoms. The Bertz CT molecular complexity index is 1150. The monoisotopic (exact) mass is 515 g/mol. The third-order valence-corrected chi connectivity index (χ3v) is 7.61. The third kappa shape index (κ3) is 5.75. The van der Waals surface area contributed by atoms with Crippen LogP contribution >= 0.6 is 24.8 Å². The van der Waals surface area contributed by atoms with Crippen LogP contribution in [0.5, 0.6) is 0 Å². The van der Waals surface area contributed by atoms with Gasteiger partial charge in [0.1, 0.15) is 11.3 Å². The van der Waals surface area contributed by atoms with Gasteiger partial charge in [0.15, 0.2) is 5.65 Å². The first-order valence-corrected chi connectivity index (χ1v) is 12.6. The highest BCUT2D eigenvalue weighted by molar-refractivity contribution is 5.85. The summed E-state index contributed by atoms with van der Waals surface area (Å²) in [5.74, 6) is 1.10. The van der Waals surface area contributed by atoms with Crippen LogP contribution in [0.15, 0.2) is 36.4 Å². The van der Waals surface area contributed by atoms with Gasteiger partial charge in [0.2, 0.25) is 0 Å². The number of fused-ring (bicyclic) bond motifs is 2. The maximum Gasteiger partial charge on any atom is 0.160 e. The van der Waals surface area contributed by atoms with Crippen molar-refractivity contribution in [3.63, 3.8) is 0 Å². The van der Waals surface area contributed by atoms with E-state index in [1.54, 1.807) is 0 Å². The first-order valence-electron chi connectivity index (χ1n) is 12.6. The summed E-state index contributed by atoms with van der Waals surface area (Å²) in [5, 5.41) is 0. The minimum Gasteiger partial charge on any atom is -0.308 e. The van der Waals surface area contributed by atoms with Gasteiger partial charge in [0.05, 0.1) is 6.54 Å². The van der Waals surface area contributed by atoms with Crippen molar-refractivity contribution in [2.45, 2.75) is 65.6 Å². The summed E-state index contributed by atoms with van der Waals surface area (Å²) in [6, 6.07) is 12.5. The highest BCUT2D eigenvalue weighted by atomic mass is 35.5. The molecule has 2 atom stereocenters. The Kier molecular flexibility index (Phi) is 9.39. The molecule has 2 fully saturated rings. The number of benzene rings is 1. The molecule has 0 radical (unpaired) electrons. The fourth-order valence-corrected chi connectivity index (χ4v) is 5.76. The third-order valence-electron chi connectivity index (χ3n) is 7.61. The van der Waals surface area contributed by atoms with Crippen molar-refractivity contribution in [2.24, 2.45) is 0 Å². The summed E-state index contributed by atoms with van der Waals surface area (Å²) < 4.78 is 2.28. The number of piperazine rings is 1. The number of pyridine rings is 1. The molecular formula is C28H39Cl2N5. The molecule has 2 unspecified atom stereocenters. The molecule has 3 aromatic rings. The van der Waals surface area contributed by atoms with Crippen LogP contribution < -0.4 is 0 Å². The van der Waals surface area contributed by atoms with Crippen LogP contribution in [0.3, 0.4) is 0 Å². The highest BCUT2D eigenvalue weighted by Crippen LogP contribution is 2.26. The summed E-state index contributed by atoms with van der Waals surface area (Å²) in [6.07, 6.45) is 8.25. The Hall–Kier alpha value is -1.92. The summed E-state index contributed by atoms with van der Waals surface area (Å²) in [4.78, 5) is 15.0. The Morgan fingerprint density at radius 3 is 2.54 bits per heavy atom. The average Bonchev–Trinajstić information content (AvgIpc) is 3.42. The van der Waals surface area contributed by atoms with Gasteiger partial charge in [-0.2, -0.15) is 0 Å². The van der Waals surface area contributed by atoms with Crippen molar-refractivity contribution in [3.8, 4) is 0 Å². The van der Waals surface area contributed by atoms with Crippen LogP contribution in [0.4, 0.5) is 0 Å². The zero-order chi connectivity index (χ0) is 22.9. The Balaban J connectivity index is 0.00000171. The Labute approximate surface area is 222 Å². The second kappa shape index (κ2) is 11.9. The van der Waals surface area contributed by atoms with Gasteiger partial charge in [-0.15, -0.1) is 24.8 Å². The van der Waals surface area contributed by atoms with Gasteiger partial charge in [-0.05, 0) is 62.9 Å². The largest absolute Gasteiger partial charge is 0.308 e. The minimum atomic E-state index is 0. The molecule has 0 aliphatic carbocycles. The number of aromatic nitrogens is 3. The zero-order valence-corrected chi connectivity index (χ0v) is 23.0. The average molecular weight is 517 g/mol. The van der Waals surface area contributed by atoms with E-state index in [2.05, 4.69) is 84.5 Å². The van der Waals surface area contributed by atoms with Crippen LogP contribution in [-0.4, -0.2) is 62.6 Å². The lowest BCUT2D eigenvalue weighted by Gasteiger charge is -2.42. The maximum absolute atomic E-state index is 4.88. The predicted octanol–water partition coefficient (Wildman–Crippen LogP) is 5.68. The van der Waals surface area contributed by atoms with Gasteiger partial charge in [-0.1, -0.05) is 43.3 Å². The molecule has 5 rings (SSSR count). The van der Waals surface area contributed by atoms with E-state index < -0.39 is 0 Å². The molecule has 0 bridgehead atoms. The molecule has 2 aliphatic rings. The van der Waals surface area contributed by atoms with Crippen molar-refractivity contribution in [1.82, 2.24) is 24.3 Å². The summed E-state index contributed by atoms with van der Waals surface area (Å²) in [5.41, 5.74) is 6.84. The number of rotatable bonds is 6. The molecule has 2 saturated heterocycles. The van der Waals surface area contributed by atoms with Crippen LogP contribution in [0.1, 0.15) is 54.9 Å². The number of nitrogens with zero attached hydrogens (tertiary/aromatic N) is 5. The number of aryl methyl sites for hydroxylation is 3. The van der Waals surface area contributed by atoms with E-state index >= 15 is 0 Å². The van der Waals surface area contributed by atoms with Gasteiger partial charge in [-0.3, -0.25) is 9.80 Å². The molecule has 2 aliphatic heterocycles. The summed E-state index contributed by atoms with van der Waals surface area (Å²) in [6.45, 7) is 14.3. The van der Waals surface area contributed by atoms with E-state index in [0.29, 0.717) is 6.04 Å². The summed E-state index contributed by atoms with van der Waals surface area (Å²) in [7, 11) is 0. The van der Waals surface area contributed by atoms with Gasteiger partial charge in [-0.25, -0.2) is 9.97 Å². The van der Waals surface area contributed by atoms with Crippen LogP contribution in [0.25, 0.3) is 17.2 Å². The van der Waals surface area contributed by atoms with Crippen molar-refractivity contribution >= 4 is 42.1 Å². The molecule has 1 aromatic carbocycles. The molecular weight excluding hydrogens is 477 g/mol. The molecule has 5 nitrogen and oxygen atoms in total. The maximum atomic E-state index is 4.88. The van der Waals surface area contributed by atoms with Gasteiger partial charge in [0.25, 0.3) is 0 Å². The van der Waals surface area contributed by atoms with Gasteiger partial charge < -0.3 is 4.57 Å². The van der Waals surface area contributed by atoms with Crippen LogP contribution in [-0.2, 0) is 13.0 Å². The second-order valence-corrected chi connectivity index (χ2v) is 9.85. The molecule has 0 amide bonds. The highest BCUT2D eigenvalue weighted by Gasteiger charge is 2.35. The standard InChI is InChI=1S/C28H37N5.2ClH/c1-5-26-30-27-20(2)18-21(3)29-28(27)33(26)19-24-12-10-23(11-13-24)8-6-14-31-16-17-32-15-7-9-25(32)22(31)4;;/h6,8,10-13,18,22,25H,5,7,9,14-17,19H2,1-4H3;2*1H/b8-6+;;. The Morgan fingerprint density at radius 1 is 1.03 bits per heavy atom. The topological polar surface area (TPSA) is 37.2 Å². The molecule has 0 spiro atoms. The normalized spacial score (nSPS) is 20.7. The van der Waals surface area contributed by atoms with E-state index in [1.165, 1.54) is 49.2 Å². The number of hydrogen-bond acceptors (Lipinski definition) is 4. The van der Waals surface area contributed by atoms with E-state index in [-0.39, 0.29) is 24.8 Å². The van der Waals surface area contributed by atoms with Crippen molar-refractivity contribution in [2.75, 3.05) is 26.2 Å². The fraction of sp³-hybridized carbons (Fsp3) is 0.500. The van der Waals surface area contributed by atoms with Crippen molar-refractivity contribution < 1.29 is 0 Å². The first-order chi connectivity index (χ1) is 16.0. The lowest BCUT2D eigenvalue weighted by Crippen LogP contribution is -2.55. The van der Waals surface area contributed by atoms with E-state index in [1.807, 2.05) is 0 Å². The number of halogens is 2. The first kappa shape index (κ1) is 27.7. The fourth-order valence-electron chi connectivity index (χ4n) is 5.76. The van der Waals surface area contributed by atoms with Crippen LogP contribution in [0.2, 0.25) is 0 Å². The van der Waals surface area contributed by atoms with E-state index in [0.717, 1.165) is 48.2 Å². The predicted molar refractivity (Wildman–Crippen MR) is 151 cm³/mol. The molecule has 2 aromatic heterocycles. The molecule has 4 heterocycles. The lowest BCUT2D eigenvalue weighted by molar-refractivity contribution is 0.0612. The van der Waals surface area contributed by atoms with Crippen molar-refractivity contribution in [3.05, 3.63) is 64.6 Å². The SMILES string of the molecule is CCc1nc2c(C)cc(C)nc2n1Cc1ccc(/C=C/CN2CCN3CCCC3C2C)cc1.Cl.Cl. The lowest BCUT2D eigenvalue weighted by atomic mass is 10.0. The molecule has 0 saturated carbocycles. The molecule has 0 N–H and O–H groups in total. The smallest absolute Gasteiger partial charge is 0.160 e. The second-order valence-electron chi connectivity index (χ2n) is 9.85. The number of hydrogen-bond donors (Lipinski definition) is 0. The minimum absolute atomic E-state index is 0. The zero-order valence-electron chi connectivity index (χ0n) is 21.4. The molecule has 35 heavy (non-hydrogen) atoms.